The molecule has 0 aliphatic carbocycles. The maximum Gasteiger partial charge on any atom is 0.344 e. The Morgan fingerprint density at radius 1 is 1.04 bits per heavy atom. The van der Waals surface area contributed by atoms with Gasteiger partial charge in [0.1, 0.15) is 5.75 Å². The maximum atomic E-state index is 12.1. The summed E-state index contributed by atoms with van der Waals surface area (Å²) < 4.78 is 10.3. The van der Waals surface area contributed by atoms with Crippen molar-refractivity contribution < 1.29 is 19.1 Å². The molecular formula is C20H22ClNO4. The largest absolute Gasteiger partial charge is 0.482 e. The summed E-state index contributed by atoms with van der Waals surface area (Å²) >= 11 is 5.94. The summed E-state index contributed by atoms with van der Waals surface area (Å²) in [5, 5.41) is 0.627. The van der Waals surface area contributed by atoms with Gasteiger partial charge in [-0.15, -0.1) is 0 Å². The van der Waals surface area contributed by atoms with Crippen LogP contribution in [0.1, 0.15) is 16.7 Å². The van der Waals surface area contributed by atoms with Crippen LogP contribution >= 0.6 is 11.6 Å². The Hall–Kier alpha value is -2.53. The molecule has 0 aliphatic heterocycles. The Bertz CT molecular complexity index is 791. The van der Waals surface area contributed by atoms with Gasteiger partial charge in [-0.05, 0) is 48.7 Å². The van der Waals surface area contributed by atoms with Crippen LogP contribution in [0.4, 0.5) is 0 Å². The average Bonchev–Trinajstić information content (AvgIpc) is 2.62. The van der Waals surface area contributed by atoms with Crippen LogP contribution in [0.5, 0.6) is 5.75 Å². The molecule has 0 fully saturated rings. The second kappa shape index (κ2) is 9.25. The second-order valence-corrected chi connectivity index (χ2v) is 6.44. The summed E-state index contributed by atoms with van der Waals surface area (Å²) in [7, 11) is 1.68. The van der Waals surface area contributed by atoms with E-state index >= 15 is 0 Å². The molecule has 0 heterocycles. The molecule has 0 aliphatic rings. The van der Waals surface area contributed by atoms with E-state index in [0.717, 1.165) is 16.7 Å². The molecule has 5 nitrogen and oxygen atoms in total. The first-order chi connectivity index (χ1) is 12.4. The number of likely N-dealkylation sites (N-methyl/N-ethyl adjacent to an activating group) is 1. The third kappa shape index (κ3) is 5.77. The van der Waals surface area contributed by atoms with E-state index in [1.165, 1.54) is 4.90 Å². The molecule has 0 N–H and O–H groups in total. The highest BCUT2D eigenvalue weighted by atomic mass is 35.5. The molecule has 138 valence electrons. The summed E-state index contributed by atoms with van der Waals surface area (Å²) in [6.07, 6.45) is 0. The SMILES string of the molecule is Cc1cc(OCC(=O)OCC(=O)N(C)Cc2ccccc2C)ccc1Cl. The van der Waals surface area contributed by atoms with Crippen LogP contribution in [0.15, 0.2) is 42.5 Å². The Balaban J connectivity index is 1.76. The molecule has 0 saturated heterocycles. The minimum atomic E-state index is -0.602. The van der Waals surface area contributed by atoms with Crippen LogP contribution in [0, 0.1) is 13.8 Å². The third-order valence-electron chi connectivity index (χ3n) is 3.94. The summed E-state index contributed by atoms with van der Waals surface area (Å²) in [4.78, 5) is 25.4. The highest BCUT2D eigenvalue weighted by Crippen LogP contribution is 2.20. The lowest BCUT2D eigenvalue weighted by atomic mass is 10.1. The summed E-state index contributed by atoms with van der Waals surface area (Å²) in [6.45, 7) is 3.71. The van der Waals surface area contributed by atoms with Gasteiger partial charge >= 0.3 is 5.97 Å². The van der Waals surface area contributed by atoms with E-state index in [-0.39, 0.29) is 19.1 Å². The van der Waals surface area contributed by atoms with Crippen molar-refractivity contribution >= 4 is 23.5 Å². The van der Waals surface area contributed by atoms with Crippen molar-refractivity contribution in [1.82, 2.24) is 4.90 Å². The zero-order valence-corrected chi connectivity index (χ0v) is 15.9. The number of aryl methyl sites for hydroxylation is 2. The normalized spacial score (nSPS) is 10.3. The number of hydrogen-bond acceptors (Lipinski definition) is 4. The first-order valence-electron chi connectivity index (χ1n) is 8.20. The van der Waals surface area contributed by atoms with Crippen molar-refractivity contribution in [1.29, 1.82) is 0 Å². The number of rotatable bonds is 7. The van der Waals surface area contributed by atoms with Crippen molar-refractivity contribution in [3.63, 3.8) is 0 Å². The Morgan fingerprint density at radius 3 is 2.46 bits per heavy atom. The monoisotopic (exact) mass is 375 g/mol. The highest BCUT2D eigenvalue weighted by molar-refractivity contribution is 6.31. The van der Waals surface area contributed by atoms with E-state index in [1.807, 2.05) is 38.1 Å². The standard InChI is InChI=1S/C20H22ClNO4/c1-14-6-4-5-7-16(14)11-22(3)19(23)12-26-20(24)13-25-17-8-9-18(21)15(2)10-17/h4-10H,11-13H2,1-3H3. The fourth-order valence-electron chi connectivity index (χ4n) is 2.27. The Kier molecular flexibility index (Phi) is 7.04. The van der Waals surface area contributed by atoms with Gasteiger partial charge < -0.3 is 14.4 Å². The van der Waals surface area contributed by atoms with Crippen LogP contribution in [-0.2, 0) is 20.9 Å². The lowest BCUT2D eigenvalue weighted by molar-refractivity contribution is -0.153. The van der Waals surface area contributed by atoms with Gasteiger partial charge in [0.15, 0.2) is 13.2 Å². The molecular weight excluding hydrogens is 354 g/mol. The minimum Gasteiger partial charge on any atom is -0.482 e. The van der Waals surface area contributed by atoms with Crippen molar-refractivity contribution in [2.75, 3.05) is 20.3 Å². The lowest BCUT2D eigenvalue weighted by Gasteiger charge is -2.18. The molecule has 0 unspecified atom stereocenters. The van der Waals surface area contributed by atoms with Gasteiger partial charge in [0, 0.05) is 18.6 Å². The molecule has 1 amide bonds. The second-order valence-electron chi connectivity index (χ2n) is 6.04. The van der Waals surface area contributed by atoms with Crippen LogP contribution in [0.25, 0.3) is 0 Å². The molecule has 0 radical (unpaired) electrons. The quantitative estimate of drug-likeness (QED) is 0.694. The van der Waals surface area contributed by atoms with Gasteiger partial charge in [0.05, 0.1) is 0 Å². The molecule has 0 spiro atoms. The minimum absolute atomic E-state index is 0.268. The predicted octanol–water partition coefficient (Wildman–Crippen LogP) is 3.54. The molecule has 2 aromatic rings. The Labute approximate surface area is 158 Å². The van der Waals surface area contributed by atoms with E-state index in [2.05, 4.69) is 0 Å². The van der Waals surface area contributed by atoms with Crippen LogP contribution < -0.4 is 4.74 Å². The van der Waals surface area contributed by atoms with Gasteiger partial charge in [-0.25, -0.2) is 4.79 Å². The van der Waals surface area contributed by atoms with E-state index in [4.69, 9.17) is 21.1 Å². The third-order valence-corrected chi connectivity index (χ3v) is 4.36. The summed E-state index contributed by atoms with van der Waals surface area (Å²) in [6, 6.07) is 12.9. The number of carbonyl (C=O) groups is 2. The molecule has 0 saturated carbocycles. The number of esters is 1. The molecule has 2 aromatic carbocycles. The van der Waals surface area contributed by atoms with Gasteiger partial charge in [-0.3, -0.25) is 4.79 Å². The van der Waals surface area contributed by atoms with Gasteiger partial charge in [-0.2, -0.15) is 0 Å². The number of hydrogen-bond donors (Lipinski definition) is 0. The smallest absolute Gasteiger partial charge is 0.344 e. The molecule has 6 heteroatoms. The maximum absolute atomic E-state index is 12.1. The van der Waals surface area contributed by atoms with Crippen LogP contribution in [-0.4, -0.2) is 37.0 Å². The predicted molar refractivity (Wildman–Crippen MR) is 100 cm³/mol. The molecule has 26 heavy (non-hydrogen) atoms. The first-order valence-corrected chi connectivity index (χ1v) is 8.57. The summed E-state index contributed by atoms with van der Waals surface area (Å²) in [5.41, 5.74) is 3.01. The number of carbonyl (C=O) groups excluding carboxylic acids is 2. The number of ether oxygens (including phenoxy) is 2. The highest BCUT2D eigenvalue weighted by Gasteiger charge is 2.14. The van der Waals surface area contributed by atoms with Crippen molar-refractivity contribution in [3.8, 4) is 5.75 Å². The fraction of sp³-hybridized carbons (Fsp3) is 0.300. The zero-order chi connectivity index (χ0) is 19.1. The molecule has 0 atom stereocenters. The van der Waals surface area contributed by atoms with Crippen molar-refractivity contribution in [2.45, 2.75) is 20.4 Å². The molecule has 0 bridgehead atoms. The van der Waals surface area contributed by atoms with Gasteiger partial charge in [0.25, 0.3) is 5.91 Å². The number of nitrogens with zero attached hydrogens (tertiary/aromatic N) is 1. The topological polar surface area (TPSA) is 55.8 Å². The van der Waals surface area contributed by atoms with E-state index < -0.39 is 5.97 Å². The number of halogens is 1. The average molecular weight is 376 g/mol. The fourth-order valence-corrected chi connectivity index (χ4v) is 2.39. The summed E-state index contributed by atoms with van der Waals surface area (Å²) in [5.74, 6) is -0.356. The lowest BCUT2D eigenvalue weighted by Crippen LogP contribution is -2.31. The molecule has 0 aromatic heterocycles. The number of amides is 1. The van der Waals surface area contributed by atoms with Crippen molar-refractivity contribution in [2.24, 2.45) is 0 Å². The number of benzene rings is 2. The van der Waals surface area contributed by atoms with Crippen LogP contribution in [0.2, 0.25) is 5.02 Å². The van der Waals surface area contributed by atoms with Gasteiger partial charge in [-0.1, -0.05) is 35.9 Å². The van der Waals surface area contributed by atoms with E-state index in [9.17, 15) is 9.59 Å². The first kappa shape index (κ1) is 19.8. The van der Waals surface area contributed by atoms with E-state index in [1.54, 1.807) is 25.2 Å². The van der Waals surface area contributed by atoms with Crippen molar-refractivity contribution in [3.05, 3.63) is 64.2 Å². The molecule has 2 rings (SSSR count). The van der Waals surface area contributed by atoms with E-state index in [0.29, 0.717) is 17.3 Å². The Morgan fingerprint density at radius 2 is 1.77 bits per heavy atom. The van der Waals surface area contributed by atoms with Crippen LogP contribution in [0.3, 0.4) is 0 Å². The van der Waals surface area contributed by atoms with Gasteiger partial charge in [0.2, 0.25) is 0 Å². The zero-order valence-electron chi connectivity index (χ0n) is 15.1.